The Morgan fingerprint density at radius 1 is 1.44 bits per heavy atom. The molecule has 0 radical (unpaired) electrons. The van der Waals surface area contributed by atoms with Crippen molar-refractivity contribution in [3.63, 3.8) is 0 Å². The lowest BCUT2D eigenvalue weighted by atomic mass is 10.2. The van der Waals surface area contributed by atoms with E-state index in [1.807, 2.05) is 6.92 Å². The van der Waals surface area contributed by atoms with E-state index in [-0.39, 0.29) is 0 Å². The predicted octanol–water partition coefficient (Wildman–Crippen LogP) is 0.858. The second-order valence-corrected chi connectivity index (χ2v) is 4.06. The first-order valence-electron chi connectivity index (χ1n) is 4.81. The van der Waals surface area contributed by atoms with Crippen LogP contribution in [0.25, 0.3) is 0 Å². The van der Waals surface area contributed by atoms with E-state index < -0.39 is 16.9 Å². The Morgan fingerprint density at radius 2 is 2.00 bits per heavy atom. The number of rotatable bonds is 5. The van der Waals surface area contributed by atoms with Crippen LogP contribution in [0.5, 0.6) is 0 Å². The summed E-state index contributed by atoms with van der Waals surface area (Å²) in [6.07, 6.45) is 3.60. The summed E-state index contributed by atoms with van der Waals surface area (Å²) in [5.74, 6) is -0.483. The number of thiol groups is 1. The lowest BCUT2D eigenvalue weighted by Gasteiger charge is -2.14. The Bertz CT molecular complexity index is 374. The molecule has 0 fully saturated rings. The molecule has 92 valence electrons. The molecular weight excluding hydrogens is 230 g/mol. The van der Waals surface area contributed by atoms with Crippen molar-refractivity contribution in [3.05, 3.63) is 23.4 Å². The molecule has 0 saturated heterocycles. The van der Waals surface area contributed by atoms with Gasteiger partial charge in [0.25, 0.3) is 0 Å². The molecule has 0 atom stereocenters. The van der Waals surface area contributed by atoms with Gasteiger partial charge >= 0.3 is 5.97 Å². The van der Waals surface area contributed by atoms with Gasteiger partial charge in [0.1, 0.15) is 0 Å². The number of carbonyl (C=O) groups is 1. The van der Waals surface area contributed by atoms with Crippen LogP contribution in [0, 0.1) is 0 Å². The average Bonchev–Trinajstić information content (AvgIpc) is 2.28. The summed E-state index contributed by atoms with van der Waals surface area (Å²) in [6.45, 7) is 3.50. The highest BCUT2D eigenvalue weighted by atomic mass is 32.2. The van der Waals surface area contributed by atoms with E-state index in [1.165, 1.54) is 20.2 Å². The first kappa shape index (κ1) is 14.7. The molecule has 0 unspecified atom stereocenters. The quantitative estimate of drug-likeness (QED) is 0.339. The van der Waals surface area contributed by atoms with E-state index in [9.17, 15) is 13.2 Å². The molecule has 0 saturated carbocycles. The van der Waals surface area contributed by atoms with Crippen LogP contribution >= 0.6 is 0 Å². The molecule has 0 aliphatic carbocycles. The summed E-state index contributed by atoms with van der Waals surface area (Å²) in [4.78, 5) is 11.3. The summed E-state index contributed by atoms with van der Waals surface area (Å²) in [6, 6.07) is 0. The minimum Gasteiger partial charge on any atom is -0.465 e. The van der Waals surface area contributed by atoms with E-state index in [0.29, 0.717) is 17.7 Å². The fourth-order valence-corrected chi connectivity index (χ4v) is 1.50. The van der Waals surface area contributed by atoms with Crippen LogP contribution in [0.15, 0.2) is 23.4 Å². The van der Waals surface area contributed by atoms with Crippen molar-refractivity contribution in [1.82, 2.24) is 4.31 Å². The molecule has 0 aliphatic rings. The average molecular weight is 247 g/mol. The molecule has 0 N–H and O–H groups in total. The maximum atomic E-state index is 11.3. The number of ether oxygens (including phenoxy) is 1. The van der Waals surface area contributed by atoms with Crippen LogP contribution in [-0.2, 0) is 20.4 Å². The van der Waals surface area contributed by atoms with Gasteiger partial charge in [0.15, 0.2) is 0 Å². The van der Waals surface area contributed by atoms with Crippen LogP contribution in [-0.4, -0.2) is 32.8 Å². The third kappa shape index (κ3) is 4.06. The fraction of sp³-hybridized carbons (Fsp3) is 0.500. The minimum absolute atomic E-state index is 0.336. The normalized spacial score (nSPS) is 12.8. The van der Waals surface area contributed by atoms with Crippen molar-refractivity contribution in [1.29, 1.82) is 0 Å². The molecule has 0 amide bonds. The zero-order chi connectivity index (χ0) is 12.7. The second-order valence-electron chi connectivity index (χ2n) is 2.99. The highest BCUT2D eigenvalue weighted by Crippen LogP contribution is 2.11. The molecular formula is C10H17NO4S. The maximum Gasteiger partial charge on any atom is 0.337 e. The van der Waals surface area contributed by atoms with Gasteiger partial charge in [-0.05, 0) is 19.4 Å². The third-order valence-corrected chi connectivity index (χ3v) is 2.82. The monoisotopic (exact) mass is 247 g/mol. The molecule has 0 spiro atoms. The number of hydrogen-bond donors (Lipinski definition) is 1. The predicted molar refractivity (Wildman–Crippen MR) is 62.2 cm³/mol. The largest absolute Gasteiger partial charge is 0.465 e. The zero-order valence-corrected chi connectivity index (χ0v) is 10.8. The summed E-state index contributed by atoms with van der Waals surface area (Å²) in [7, 11) is 0.0366. The summed E-state index contributed by atoms with van der Waals surface area (Å²) < 4.78 is 27.3. The van der Waals surface area contributed by atoms with Crippen molar-refractivity contribution in [2.24, 2.45) is 0 Å². The molecule has 0 bridgehead atoms. The Kier molecular flexibility index (Phi) is 6.48. The van der Waals surface area contributed by atoms with Crippen LogP contribution in [0.3, 0.4) is 0 Å². The minimum atomic E-state index is -2.68. The molecule has 16 heavy (non-hydrogen) atoms. The van der Waals surface area contributed by atoms with Crippen molar-refractivity contribution in [3.8, 4) is 0 Å². The first-order chi connectivity index (χ1) is 7.47. The van der Waals surface area contributed by atoms with Crippen molar-refractivity contribution in [2.75, 3.05) is 14.2 Å². The summed E-state index contributed by atoms with van der Waals surface area (Å²) in [5.41, 5.74) is 0.873. The molecule has 0 heterocycles. The van der Waals surface area contributed by atoms with Crippen molar-refractivity contribution in [2.45, 2.75) is 20.3 Å². The van der Waals surface area contributed by atoms with Gasteiger partial charge in [-0.15, -0.1) is 0 Å². The van der Waals surface area contributed by atoms with Crippen molar-refractivity contribution >= 4 is 16.9 Å². The van der Waals surface area contributed by atoms with Gasteiger partial charge in [0.05, 0.1) is 12.7 Å². The Hall–Kier alpha value is -1.30. The van der Waals surface area contributed by atoms with E-state index in [2.05, 4.69) is 4.74 Å². The molecule has 0 aromatic carbocycles. The van der Waals surface area contributed by atoms with E-state index in [0.717, 1.165) is 4.31 Å². The van der Waals surface area contributed by atoms with Crippen LogP contribution < -0.4 is 0 Å². The zero-order valence-electron chi connectivity index (χ0n) is 9.89. The van der Waals surface area contributed by atoms with Gasteiger partial charge in [0, 0.05) is 12.7 Å². The van der Waals surface area contributed by atoms with Gasteiger partial charge in [-0.25, -0.2) is 13.2 Å². The van der Waals surface area contributed by atoms with E-state index in [1.54, 1.807) is 13.0 Å². The van der Waals surface area contributed by atoms with Crippen LogP contribution in [0.2, 0.25) is 0 Å². The Balaban J connectivity index is 5.15. The number of hydrogen-bond acceptors (Lipinski definition) is 4. The van der Waals surface area contributed by atoms with Gasteiger partial charge in [-0.2, -0.15) is 0 Å². The first-order valence-corrected chi connectivity index (χ1v) is 5.94. The smallest absolute Gasteiger partial charge is 0.337 e. The van der Waals surface area contributed by atoms with E-state index >= 15 is 0 Å². The lowest BCUT2D eigenvalue weighted by molar-refractivity contribution is -0.135. The number of methoxy groups -OCH3 is 1. The summed E-state index contributed by atoms with van der Waals surface area (Å²) in [5, 5.41) is 0. The Labute approximate surface area is 97.5 Å². The fourth-order valence-electron chi connectivity index (χ4n) is 1.09. The molecule has 0 aliphatic heterocycles. The number of nitrogens with zero attached hydrogens (tertiary/aromatic N) is 1. The second kappa shape index (κ2) is 7.05. The lowest BCUT2D eigenvalue weighted by Crippen LogP contribution is -2.16. The number of carbonyl (C=O) groups excluding carboxylic acids is 1. The molecule has 5 nitrogen and oxygen atoms in total. The Morgan fingerprint density at radius 3 is 2.31 bits per heavy atom. The van der Waals surface area contributed by atoms with Gasteiger partial charge in [-0.3, -0.25) is 4.31 Å². The SMILES string of the molecule is C/C=C(\C=C(/CC)N(C)[SH](=O)=O)C(=O)OC. The standard InChI is InChI=1S/C10H17NO4S/c1-5-8(10(12)15-4)7-9(6-2)11(3)16(13)14/h5,7,16H,6H2,1-4H3/b8-5+,9-7+. The summed E-state index contributed by atoms with van der Waals surface area (Å²) >= 11 is 0. The third-order valence-electron chi connectivity index (χ3n) is 2.08. The van der Waals surface area contributed by atoms with Crippen LogP contribution in [0.1, 0.15) is 20.3 Å². The molecule has 6 heteroatoms. The van der Waals surface area contributed by atoms with Gasteiger partial charge in [0.2, 0.25) is 10.9 Å². The van der Waals surface area contributed by atoms with Crippen LogP contribution in [0.4, 0.5) is 0 Å². The molecule has 0 rings (SSSR count). The maximum absolute atomic E-state index is 11.3. The van der Waals surface area contributed by atoms with Gasteiger partial charge in [-0.1, -0.05) is 13.0 Å². The van der Waals surface area contributed by atoms with E-state index in [4.69, 9.17) is 0 Å². The highest BCUT2D eigenvalue weighted by molar-refractivity contribution is 7.70. The molecule has 0 aromatic heterocycles. The molecule has 0 aromatic rings. The highest BCUT2D eigenvalue weighted by Gasteiger charge is 2.10. The number of esters is 1. The van der Waals surface area contributed by atoms with Crippen molar-refractivity contribution < 1.29 is 17.9 Å². The van der Waals surface area contributed by atoms with Gasteiger partial charge < -0.3 is 4.74 Å². The topological polar surface area (TPSA) is 63.7 Å². The number of allylic oxidation sites excluding steroid dienone is 2.